The molecule has 0 spiro atoms. The summed E-state index contributed by atoms with van der Waals surface area (Å²) in [5.74, 6) is 0.451. The molecule has 1 N–H and O–H groups in total. The number of piperazine rings is 1. The lowest BCUT2D eigenvalue weighted by Gasteiger charge is -2.36. The van der Waals surface area contributed by atoms with Crippen LogP contribution in [-0.4, -0.2) is 47.7 Å². The Kier molecular flexibility index (Phi) is 5.04. The van der Waals surface area contributed by atoms with Gasteiger partial charge in [-0.15, -0.1) is 0 Å². The molecule has 1 aromatic heterocycles. The molecule has 1 aliphatic rings. The van der Waals surface area contributed by atoms with Gasteiger partial charge in [-0.2, -0.15) is 5.26 Å². The van der Waals surface area contributed by atoms with E-state index in [1.807, 2.05) is 0 Å². The van der Waals surface area contributed by atoms with Crippen molar-refractivity contribution in [2.45, 2.75) is 6.10 Å². The second-order valence-corrected chi connectivity index (χ2v) is 5.87. The predicted octanol–water partition coefficient (Wildman–Crippen LogP) is 1.95. The highest BCUT2D eigenvalue weighted by atomic mass is 19.1. The summed E-state index contributed by atoms with van der Waals surface area (Å²) in [6, 6.07) is 12.2. The van der Waals surface area contributed by atoms with Crippen molar-refractivity contribution in [2.75, 3.05) is 37.6 Å². The molecular weight excluding hydrogens is 307 g/mol. The third-order valence-corrected chi connectivity index (χ3v) is 4.26. The normalized spacial score (nSPS) is 16.6. The fourth-order valence-corrected chi connectivity index (χ4v) is 2.84. The first-order valence-corrected chi connectivity index (χ1v) is 7.92. The van der Waals surface area contributed by atoms with Crippen molar-refractivity contribution in [1.82, 2.24) is 9.88 Å². The molecule has 0 amide bonds. The van der Waals surface area contributed by atoms with Crippen LogP contribution in [0.2, 0.25) is 0 Å². The van der Waals surface area contributed by atoms with Gasteiger partial charge in [-0.1, -0.05) is 12.1 Å². The Labute approximate surface area is 140 Å². The van der Waals surface area contributed by atoms with Gasteiger partial charge in [0.15, 0.2) is 0 Å². The van der Waals surface area contributed by atoms with E-state index in [0.717, 1.165) is 37.6 Å². The van der Waals surface area contributed by atoms with Crippen molar-refractivity contribution < 1.29 is 9.50 Å². The third kappa shape index (κ3) is 3.88. The largest absolute Gasteiger partial charge is 0.387 e. The van der Waals surface area contributed by atoms with E-state index in [2.05, 4.69) is 20.9 Å². The van der Waals surface area contributed by atoms with Crippen molar-refractivity contribution in [2.24, 2.45) is 0 Å². The highest BCUT2D eigenvalue weighted by molar-refractivity contribution is 5.38. The second-order valence-electron chi connectivity index (χ2n) is 5.87. The van der Waals surface area contributed by atoms with Crippen LogP contribution >= 0.6 is 0 Å². The Balaban J connectivity index is 1.53. The maximum Gasteiger partial charge on any atom is 0.141 e. The minimum absolute atomic E-state index is 0.331. The number of nitriles is 1. The lowest BCUT2D eigenvalue weighted by atomic mass is 10.1. The molecule has 6 heteroatoms. The summed E-state index contributed by atoms with van der Waals surface area (Å²) in [6.45, 7) is 3.76. The molecule has 2 heterocycles. The Hall–Kier alpha value is -2.49. The van der Waals surface area contributed by atoms with Crippen LogP contribution in [0.4, 0.5) is 10.2 Å². The number of hydrogen-bond donors (Lipinski definition) is 1. The molecule has 1 aliphatic heterocycles. The highest BCUT2D eigenvalue weighted by Gasteiger charge is 2.20. The predicted molar refractivity (Wildman–Crippen MR) is 89.0 cm³/mol. The molecule has 1 aromatic carbocycles. The van der Waals surface area contributed by atoms with E-state index < -0.39 is 6.10 Å². The molecule has 0 radical (unpaired) electrons. The summed E-state index contributed by atoms with van der Waals surface area (Å²) in [7, 11) is 0. The third-order valence-electron chi connectivity index (χ3n) is 4.26. The van der Waals surface area contributed by atoms with Gasteiger partial charge < -0.3 is 10.0 Å². The molecule has 1 saturated heterocycles. The van der Waals surface area contributed by atoms with Crippen molar-refractivity contribution in [3.05, 3.63) is 59.5 Å². The zero-order valence-electron chi connectivity index (χ0n) is 13.3. The zero-order valence-corrected chi connectivity index (χ0v) is 13.3. The molecule has 1 unspecified atom stereocenters. The van der Waals surface area contributed by atoms with Gasteiger partial charge in [0.05, 0.1) is 23.9 Å². The lowest BCUT2D eigenvalue weighted by molar-refractivity contribution is 0.109. The Bertz CT molecular complexity index is 703. The van der Waals surface area contributed by atoms with E-state index in [0.29, 0.717) is 12.1 Å². The van der Waals surface area contributed by atoms with Gasteiger partial charge in [0.2, 0.25) is 0 Å². The van der Waals surface area contributed by atoms with Crippen molar-refractivity contribution in [1.29, 1.82) is 5.26 Å². The van der Waals surface area contributed by atoms with Crippen molar-refractivity contribution in [3.63, 3.8) is 0 Å². The number of rotatable bonds is 4. The van der Waals surface area contributed by atoms with Gasteiger partial charge in [-0.25, -0.2) is 9.37 Å². The number of anilines is 1. The minimum Gasteiger partial charge on any atom is -0.387 e. The molecule has 2 aromatic rings. The maximum absolute atomic E-state index is 12.9. The van der Waals surface area contributed by atoms with E-state index in [1.54, 1.807) is 30.3 Å². The Morgan fingerprint density at radius 2 is 1.83 bits per heavy atom. The quantitative estimate of drug-likeness (QED) is 0.930. The molecule has 0 bridgehead atoms. The molecule has 0 aliphatic carbocycles. The number of halogens is 1. The van der Waals surface area contributed by atoms with E-state index in [-0.39, 0.29) is 5.82 Å². The van der Waals surface area contributed by atoms with E-state index in [1.165, 1.54) is 12.3 Å². The summed E-state index contributed by atoms with van der Waals surface area (Å²) in [4.78, 5) is 8.42. The number of β-amino-alcohol motifs (C(OH)–C–C–N with tert-alkyl or cyclic N) is 1. The van der Waals surface area contributed by atoms with Crippen LogP contribution in [0.15, 0.2) is 42.6 Å². The highest BCUT2D eigenvalue weighted by Crippen LogP contribution is 2.18. The number of nitrogens with zero attached hydrogens (tertiary/aromatic N) is 4. The van der Waals surface area contributed by atoms with Gasteiger partial charge in [-0.05, 0) is 29.8 Å². The number of benzene rings is 1. The number of hydrogen-bond acceptors (Lipinski definition) is 5. The maximum atomic E-state index is 12.9. The first-order valence-electron chi connectivity index (χ1n) is 7.92. The summed E-state index contributed by atoms with van der Waals surface area (Å²) >= 11 is 0. The molecule has 5 nitrogen and oxygen atoms in total. The lowest BCUT2D eigenvalue weighted by Crippen LogP contribution is -2.47. The zero-order chi connectivity index (χ0) is 16.9. The van der Waals surface area contributed by atoms with Crippen LogP contribution in [0.5, 0.6) is 0 Å². The van der Waals surface area contributed by atoms with Crippen LogP contribution < -0.4 is 4.90 Å². The van der Waals surface area contributed by atoms with Gasteiger partial charge in [0.1, 0.15) is 11.6 Å². The molecular formula is C18H19FN4O. The van der Waals surface area contributed by atoms with E-state index in [4.69, 9.17) is 5.26 Å². The van der Waals surface area contributed by atoms with Crippen LogP contribution in [0.25, 0.3) is 0 Å². The molecule has 1 fully saturated rings. The smallest absolute Gasteiger partial charge is 0.141 e. The SMILES string of the molecule is N#Cc1ccc(C(O)CN2CCN(c3ccc(F)cn3)CC2)cc1. The average molecular weight is 326 g/mol. The molecule has 1 atom stereocenters. The first-order chi connectivity index (χ1) is 11.7. The first kappa shape index (κ1) is 16.4. The van der Waals surface area contributed by atoms with Crippen LogP contribution in [-0.2, 0) is 0 Å². The summed E-state index contributed by atoms with van der Waals surface area (Å²) < 4.78 is 12.9. The topological polar surface area (TPSA) is 63.4 Å². The van der Waals surface area contributed by atoms with Gasteiger partial charge in [0, 0.05) is 32.7 Å². The molecule has 3 rings (SSSR count). The fourth-order valence-electron chi connectivity index (χ4n) is 2.84. The van der Waals surface area contributed by atoms with Crippen LogP contribution in [0, 0.1) is 17.1 Å². The number of aliphatic hydroxyl groups is 1. The average Bonchev–Trinajstić information content (AvgIpc) is 2.63. The van der Waals surface area contributed by atoms with E-state index >= 15 is 0 Å². The summed E-state index contributed by atoms with van der Waals surface area (Å²) in [5.41, 5.74) is 1.41. The van der Waals surface area contributed by atoms with E-state index in [9.17, 15) is 9.50 Å². The molecule has 124 valence electrons. The van der Waals surface area contributed by atoms with Crippen molar-refractivity contribution in [3.8, 4) is 6.07 Å². The standard InChI is InChI=1S/C18H19FN4O/c19-16-5-6-18(21-12-16)23-9-7-22(8-10-23)13-17(24)15-3-1-14(11-20)2-4-15/h1-6,12,17,24H,7-10,13H2. The van der Waals surface area contributed by atoms with Gasteiger partial charge >= 0.3 is 0 Å². The Morgan fingerprint density at radius 1 is 1.12 bits per heavy atom. The van der Waals surface area contributed by atoms with Crippen molar-refractivity contribution >= 4 is 5.82 Å². The summed E-state index contributed by atoms with van der Waals surface area (Å²) in [6.07, 6.45) is 0.657. The number of aliphatic hydroxyl groups excluding tert-OH is 1. The summed E-state index contributed by atoms with van der Waals surface area (Å²) in [5, 5.41) is 19.2. The second kappa shape index (κ2) is 7.39. The van der Waals surface area contributed by atoms with Gasteiger partial charge in [-0.3, -0.25) is 4.90 Å². The van der Waals surface area contributed by atoms with Gasteiger partial charge in [0.25, 0.3) is 0 Å². The number of aromatic nitrogens is 1. The number of pyridine rings is 1. The molecule has 0 saturated carbocycles. The Morgan fingerprint density at radius 3 is 2.42 bits per heavy atom. The van der Waals surface area contributed by atoms with Crippen LogP contribution in [0.1, 0.15) is 17.2 Å². The minimum atomic E-state index is -0.576. The van der Waals surface area contributed by atoms with Crippen LogP contribution in [0.3, 0.4) is 0 Å². The fraction of sp³-hybridized carbons (Fsp3) is 0.333. The monoisotopic (exact) mass is 326 g/mol. The molecule has 24 heavy (non-hydrogen) atoms.